The Morgan fingerprint density at radius 2 is 1.88 bits per heavy atom. The van der Waals surface area contributed by atoms with Gasteiger partial charge in [-0.25, -0.2) is 14.1 Å². The van der Waals surface area contributed by atoms with Crippen molar-refractivity contribution in [3.63, 3.8) is 0 Å². The van der Waals surface area contributed by atoms with E-state index in [-0.39, 0.29) is 17.3 Å². The Bertz CT molecular complexity index is 1310. The second kappa shape index (κ2) is 9.06. The molecule has 8 heteroatoms. The van der Waals surface area contributed by atoms with Gasteiger partial charge in [-0.1, -0.05) is 35.9 Å². The molecule has 2 aromatic carbocycles. The summed E-state index contributed by atoms with van der Waals surface area (Å²) < 4.78 is 16.4. The average Bonchev–Trinajstić information content (AvgIpc) is 3.19. The Morgan fingerprint density at radius 1 is 1.12 bits per heavy atom. The second-order valence-corrected chi connectivity index (χ2v) is 8.10. The molecule has 4 rings (SSSR count). The van der Waals surface area contributed by atoms with Crippen molar-refractivity contribution >= 4 is 11.6 Å². The molecule has 0 saturated carbocycles. The van der Waals surface area contributed by atoms with Crippen molar-refractivity contribution in [3.8, 4) is 5.69 Å². The van der Waals surface area contributed by atoms with Crippen LogP contribution >= 0.6 is 11.6 Å². The van der Waals surface area contributed by atoms with Crippen LogP contribution in [0, 0.1) is 19.7 Å². The van der Waals surface area contributed by atoms with Gasteiger partial charge in [0.15, 0.2) is 0 Å². The van der Waals surface area contributed by atoms with Crippen LogP contribution in [0.1, 0.15) is 34.0 Å². The molecule has 0 aliphatic rings. The fourth-order valence-electron chi connectivity index (χ4n) is 3.77. The van der Waals surface area contributed by atoms with Crippen LogP contribution in [-0.4, -0.2) is 31.0 Å². The van der Waals surface area contributed by atoms with Crippen molar-refractivity contribution in [2.24, 2.45) is 0 Å². The van der Waals surface area contributed by atoms with Crippen LogP contribution < -0.4 is 5.56 Å². The van der Waals surface area contributed by atoms with Crippen LogP contribution in [0.3, 0.4) is 0 Å². The number of imidazole rings is 1. The Balaban J connectivity index is 1.68. The molecule has 1 atom stereocenters. The lowest BCUT2D eigenvalue weighted by Crippen LogP contribution is -2.32. The Hall–Kier alpha value is -3.29. The molecule has 32 heavy (non-hydrogen) atoms. The topological polar surface area (TPSA) is 72.9 Å². The van der Waals surface area contributed by atoms with E-state index in [1.165, 1.54) is 28.9 Å². The number of aryl methyl sites for hydroxylation is 2. The smallest absolute Gasteiger partial charge is 0.271 e. The van der Waals surface area contributed by atoms with Gasteiger partial charge in [0.05, 0.1) is 18.6 Å². The van der Waals surface area contributed by atoms with Gasteiger partial charge in [0.2, 0.25) is 0 Å². The van der Waals surface area contributed by atoms with Gasteiger partial charge in [-0.15, -0.1) is 0 Å². The second-order valence-electron chi connectivity index (χ2n) is 7.71. The van der Waals surface area contributed by atoms with Crippen molar-refractivity contribution in [1.29, 1.82) is 0 Å². The number of hydrogen-bond acceptors (Lipinski definition) is 4. The van der Waals surface area contributed by atoms with E-state index in [1.54, 1.807) is 12.4 Å². The first-order chi connectivity index (χ1) is 15.4. The van der Waals surface area contributed by atoms with Gasteiger partial charge in [-0.05, 0) is 54.8 Å². The summed E-state index contributed by atoms with van der Waals surface area (Å²) in [4.78, 5) is 17.5. The van der Waals surface area contributed by atoms with Crippen LogP contribution in [0.4, 0.5) is 4.39 Å². The Labute approximate surface area is 189 Å². The van der Waals surface area contributed by atoms with Gasteiger partial charge >= 0.3 is 0 Å². The molecular weight excluding hydrogens is 431 g/mol. The molecule has 0 radical (unpaired) electrons. The number of nitrogens with zero attached hydrogens (tertiary/aromatic N) is 4. The number of rotatable bonds is 6. The molecule has 2 aromatic heterocycles. The molecule has 6 nitrogen and oxygen atoms in total. The number of aliphatic hydroxyl groups is 1. The highest BCUT2D eigenvalue weighted by molar-refractivity contribution is 6.29. The van der Waals surface area contributed by atoms with Crippen molar-refractivity contribution in [1.82, 2.24) is 19.3 Å². The highest BCUT2D eigenvalue weighted by Crippen LogP contribution is 2.20. The Kier molecular flexibility index (Phi) is 6.21. The third-order valence-corrected chi connectivity index (χ3v) is 5.53. The first kappa shape index (κ1) is 21.9. The lowest BCUT2D eigenvalue weighted by atomic mass is 10.0. The molecule has 0 fully saturated rings. The number of aliphatic hydroxyl groups excluding tert-OH is 1. The van der Waals surface area contributed by atoms with Crippen molar-refractivity contribution in [2.45, 2.75) is 26.3 Å². The zero-order chi connectivity index (χ0) is 22.8. The van der Waals surface area contributed by atoms with E-state index < -0.39 is 11.9 Å². The van der Waals surface area contributed by atoms with Crippen molar-refractivity contribution < 1.29 is 9.50 Å². The first-order valence-corrected chi connectivity index (χ1v) is 10.5. The fraction of sp³-hybridized carbons (Fsp3) is 0.208. The van der Waals surface area contributed by atoms with Gasteiger partial charge in [-0.2, -0.15) is 5.10 Å². The van der Waals surface area contributed by atoms with Crippen molar-refractivity contribution in [3.05, 3.63) is 110 Å². The predicted octanol–water partition coefficient (Wildman–Crippen LogP) is 4.01. The third kappa shape index (κ3) is 4.49. The highest BCUT2D eigenvalue weighted by Gasteiger charge is 2.19. The number of aromatic nitrogens is 4. The van der Waals surface area contributed by atoms with E-state index in [0.717, 1.165) is 22.5 Å². The van der Waals surface area contributed by atoms with E-state index >= 15 is 0 Å². The quantitative estimate of drug-likeness (QED) is 0.479. The standard InChI is InChI=1S/C24H22ClFN4O2/c1-15-9-17(3-8-21(15)29-12-16(2)27-14-29)10-19-11-23(25)28-30(24(19)32)22(13-31)18-4-6-20(26)7-5-18/h3-9,11-12,14,22,31H,10,13H2,1-2H3/t22-/m0/s1. The summed E-state index contributed by atoms with van der Waals surface area (Å²) in [5.74, 6) is -0.401. The first-order valence-electron chi connectivity index (χ1n) is 10.1. The van der Waals surface area contributed by atoms with Gasteiger partial charge in [0, 0.05) is 23.9 Å². The molecule has 0 bridgehead atoms. The summed E-state index contributed by atoms with van der Waals surface area (Å²) in [6.07, 6.45) is 4.07. The molecule has 2 heterocycles. The lowest BCUT2D eigenvalue weighted by molar-refractivity contribution is 0.236. The van der Waals surface area contributed by atoms with E-state index in [0.29, 0.717) is 17.5 Å². The maximum absolute atomic E-state index is 13.3. The van der Waals surface area contributed by atoms with Crippen molar-refractivity contribution in [2.75, 3.05) is 6.61 Å². The molecule has 0 spiro atoms. The van der Waals surface area contributed by atoms with Gasteiger partial charge in [0.25, 0.3) is 5.56 Å². The van der Waals surface area contributed by atoms with Crippen LogP contribution in [0.2, 0.25) is 5.15 Å². The summed E-state index contributed by atoms with van der Waals surface area (Å²) >= 11 is 6.22. The molecule has 0 unspecified atom stereocenters. The summed E-state index contributed by atoms with van der Waals surface area (Å²) in [6.45, 7) is 3.56. The zero-order valence-corrected chi connectivity index (χ0v) is 18.4. The highest BCUT2D eigenvalue weighted by atomic mass is 35.5. The molecule has 4 aromatic rings. The summed E-state index contributed by atoms with van der Waals surface area (Å²) in [6, 6.07) is 12.3. The van der Waals surface area contributed by atoms with Gasteiger partial charge < -0.3 is 9.67 Å². The predicted molar refractivity (Wildman–Crippen MR) is 121 cm³/mol. The van der Waals surface area contributed by atoms with Gasteiger partial charge in [0.1, 0.15) is 17.0 Å². The maximum atomic E-state index is 13.3. The minimum absolute atomic E-state index is 0.141. The summed E-state index contributed by atoms with van der Waals surface area (Å²) in [7, 11) is 0. The molecule has 0 amide bonds. The Morgan fingerprint density at radius 3 is 2.50 bits per heavy atom. The van der Waals surface area contributed by atoms with E-state index in [4.69, 9.17) is 11.6 Å². The van der Waals surface area contributed by atoms with Crippen LogP contribution in [-0.2, 0) is 6.42 Å². The SMILES string of the molecule is Cc1cn(-c2ccc(Cc3cc(Cl)nn([C@@H](CO)c4ccc(F)cc4)c3=O)cc2C)cn1. The van der Waals surface area contributed by atoms with Gasteiger partial charge in [-0.3, -0.25) is 4.79 Å². The molecule has 0 aliphatic carbocycles. The number of hydrogen-bond donors (Lipinski definition) is 1. The third-order valence-electron chi connectivity index (χ3n) is 5.35. The number of halogens is 2. The molecular formula is C24H22ClFN4O2. The largest absolute Gasteiger partial charge is 0.394 e. The zero-order valence-electron chi connectivity index (χ0n) is 17.7. The molecule has 0 aliphatic heterocycles. The van der Waals surface area contributed by atoms with E-state index in [1.807, 2.05) is 42.8 Å². The summed E-state index contributed by atoms with van der Waals surface area (Å²) in [5, 5.41) is 14.2. The minimum Gasteiger partial charge on any atom is -0.394 e. The fourth-order valence-corrected chi connectivity index (χ4v) is 3.98. The molecule has 1 N–H and O–H groups in total. The van der Waals surface area contributed by atoms with Crippen LogP contribution in [0.5, 0.6) is 0 Å². The minimum atomic E-state index is -0.769. The number of benzene rings is 2. The van der Waals surface area contributed by atoms with Crippen LogP contribution in [0.25, 0.3) is 5.69 Å². The maximum Gasteiger partial charge on any atom is 0.271 e. The normalized spacial score (nSPS) is 12.2. The summed E-state index contributed by atoms with van der Waals surface area (Å²) in [5.41, 5.74) is 4.58. The monoisotopic (exact) mass is 452 g/mol. The van der Waals surface area contributed by atoms with E-state index in [2.05, 4.69) is 10.1 Å². The average molecular weight is 453 g/mol. The van der Waals surface area contributed by atoms with Crippen LogP contribution in [0.15, 0.2) is 65.8 Å². The molecule has 164 valence electrons. The molecule has 0 saturated heterocycles. The lowest BCUT2D eigenvalue weighted by Gasteiger charge is -2.18. The van der Waals surface area contributed by atoms with E-state index in [9.17, 15) is 14.3 Å².